The molecule has 2 amide bonds. The lowest BCUT2D eigenvalue weighted by Gasteiger charge is -2.11. The summed E-state index contributed by atoms with van der Waals surface area (Å²) in [6, 6.07) is 21.4. The molecule has 0 aliphatic heterocycles. The topological polar surface area (TPSA) is 120 Å². The van der Waals surface area contributed by atoms with E-state index < -0.39 is 16.7 Å². The maximum absolute atomic E-state index is 12.2. The van der Waals surface area contributed by atoms with Gasteiger partial charge in [-0.15, -0.1) is 0 Å². The molecule has 3 aromatic carbocycles. The lowest BCUT2D eigenvalue weighted by atomic mass is 10.2. The standard InChI is InChI=1S/C22H19N3O6/c26-21(14-30-17-7-3-1-4-8-17)23-16-11-12-20(25(28)29)19(13-16)24-22(27)15-31-18-9-5-2-6-10-18/h1-13H,14-15H2,(H,23,26)(H,24,27). The van der Waals surface area contributed by atoms with Gasteiger partial charge >= 0.3 is 0 Å². The van der Waals surface area contributed by atoms with Crippen LogP contribution in [0.3, 0.4) is 0 Å². The summed E-state index contributed by atoms with van der Waals surface area (Å²) < 4.78 is 10.7. The highest BCUT2D eigenvalue weighted by Crippen LogP contribution is 2.28. The maximum atomic E-state index is 12.2. The van der Waals surface area contributed by atoms with Crippen LogP contribution in [0.1, 0.15) is 0 Å². The second kappa shape index (κ2) is 10.4. The monoisotopic (exact) mass is 421 g/mol. The van der Waals surface area contributed by atoms with E-state index in [1.165, 1.54) is 18.2 Å². The summed E-state index contributed by atoms with van der Waals surface area (Å²) in [6.07, 6.45) is 0. The van der Waals surface area contributed by atoms with E-state index in [2.05, 4.69) is 10.6 Å². The second-order valence-corrected chi connectivity index (χ2v) is 6.29. The molecule has 0 spiro atoms. The molecule has 9 heteroatoms. The number of nitro benzene ring substituents is 1. The van der Waals surface area contributed by atoms with Crippen molar-refractivity contribution >= 4 is 28.9 Å². The smallest absolute Gasteiger partial charge is 0.292 e. The average molecular weight is 421 g/mol. The van der Waals surface area contributed by atoms with Gasteiger partial charge < -0.3 is 20.1 Å². The summed E-state index contributed by atoms with van der Waals surface area (Å²) in [5.74, 6) is -0.00969. The molecule has 0 fully saturated rings. The zero-order valence-corrected chi connectivity index (χ0v) is 16.3. The summed E-state index contributed by atoms with van der Waals surface area (Å²) in [7, 11) is 0. The number of amides is 2. The van der Waals surface area contributed by atoms with Gasteiger partial charge in [0, 0.05) is 11.8 Å². The van der Waals surface area contributed by atoms with Crippen molar-refractivity contribution < 1.29 is 24.0 Å². The Kier molecular flexibility index (Phi) is 7.15. The van der Waals surface area contributed by atoms with Gasteiger partial charge in [0.25, 0.3) is 17.5 Å². The van der Waals surface area contributed by atoms with E-state index in [0.29, 0.717) is 11.5 Å². The lowest BCUT2D eigenvalue weighted by Crippen LogP contribution is -2.22. The average Bonchev–Trinajstić information content (AvgIpc) is 2.78. The number of benzene rings is 3. The van der Waals surface area contributed by atoms with E-state index in [-0.39, 0.29) is 30.3 Å². The Labute approximate surface area is 177 Å². The van der Waals surface area contributed by atoms with Crippen LogP contribution >= 0.6 is 0 Å². The van der Waals surface area contributed by atoms with E-state index >= 15 is 0 Å². The number of carbonyl (C=O) groups is 2. The van der Waals surface area contributed by atoms with Crippen LogP contribution in [0.4, 0.5) is 17.1 Å². The molecule has 0 saturated carbocycles. The van der Waals surface area contributed by atoms with Crippen molar-refractivity contribution in [3.8, 4) is 11.5 Å². The van der Waals surface area contributed by atoms with Crippen LogP contribution < -0.4 is 20.1 Å². The Bertz CT molecular complexity index is 1060. The number of para-hydroxylation sites is 2. The van der Waals surface area contributed by atoms with Crippen LogP contribution in [0.25, 0.3) is 0 Å². The van der Waals surface area contributed by atoms with Crippen molar-refractivity contribution in [1.29, 1.82) is 0 Å². The molecule has 0 bridgehead atoms. The number of carbonyl (C=O) groups excluding carboxylic acids is 2. The van der Waals surface area contributed by atoms with E-state index in [9.17, 15) is 19.7 Å². The summed E-state index contributed by atoms with van der Waals surface area (Å²) in [6.45, 7) is -0.573. The minimum atomic E-state index is -0.627. The number of anilines is 2. The number of nitro groups is 1. The molecular formula is C22H19N3O6. The van der Waals surface area contributed by atoms with Gasteiger partial charge in [-0.2, -0.15) is 0 Å². The number of nitrogens with one attached hydrogen (secondary N) is 2. The first kappa shape index (κ1) is 21.3. The van der Waals surface area contributed by atoms with Gasteiger partial charge in [-0.3, -0.25) is 19.7 Å². The van der Waals surface area contributed by atoms with E-state index in [4.69, 9.17) is 9.47 Å². The number of nitrogens with zero attached hydrogens (tertiary/aromatic N) is 1. The Morgan fingerprint density at radius 2 is 1.29 bits per heavy atom. The summed E-state index contributed by atoms with van der Waals surface area (Å²) in [5.41, 5.74) is -0.105. The van der Waals surface area contributed by atoms with Crippen LogP contribution in [-0.4, -0.2) is 30.0 Å². The summed E-state index contributed by atoms with van der Waals surface area (Å²) in [4.78, 5) is 35.0. The minimum absolute atomic E-state index is 0.0616. The Morgan fingerprint density at radius 1 is 0.774 bits per heavy atom. The number of rotatable bonds is 9. The Balaban J connectivity index is 1.62. The summed E-state index contributed by atoms with van der Waals surface area (Å²) in [5, 5.41) is 16.3. The van der Waals surface area contributed by atoms with Crippen LogP contribution in [0.15, 0.2) is 78.9 Å². The number of hydrogen-bond donors (Lipinski definition) is 2. The zero-order valence-electron chi connectivity index (χ0n) is 16.3. The molecule has 0 unspecified atom stereocenters. The van der Waals surface area contributed by atoms with Gasteiger partial charge in [-0.1, -0.05) is 36.4 Å². The molecule has 9 nitrogen and oxygen atoms in total. The third-order valence-corrected chi connectivity index (χ3v) is 3.98. The molecule has 0 saturated heterocycles. The fraction of sp³-hybridized carbons (Fsp3) is 0.0909. The van der Waals surface area contributed by atoms with Gasteiger partial charge in [-0.25, -0.2) is 0 Å². The zero-order chi connectivity index (χ0) is 22.1. The highest BCUT2D eigenvalue weighted by Gasteiger charge is 2.18. The number of ether oxygens (including phenoxy) is 2. The predicted molar refractivity (Wildman–Crippen MR) is 114 cm³/mol. The third kappa shape index (κ3) is 6.57. The van der Waals surface area contributed by atoms with Gasteiger partial charge in [-0.05, 0) is 36.4 Å². The Hall–Kier alpha value is -4.40. The first-order valence-electron chi connectivity index (χ1n) is 9.25. The molecule has 2 N–H and O–H groups in total. The SMILES string of the molecule is O=C(COc1ccccc1)Nc1ccc([N+](=O)[O-])c(NC(=O)COc2ccccc2)c1. The fourth-order valence-corrected chi connectivity index (χ4v) is 2.59. The second-order valence-electron chi connectivity index (χ2n) is 6.29. The first-order chi connectivity index (χ1) is 15.0. The van der Waals surface area contributed by atoms with Crippen LogP contribution in [-0.2, 0) is 9.59 Å². The largest absolute Gasteiger partial charge is 0.484 e. The van der Waals surface area contributed by atoms with Gasteiger partial charge in [0.15, 0.2) is 13.2 Å². The van der Waals surface area contributed by atoms with Gasteiger partial charge in [0.2, 0.25) is 0 Å². The van der Waals surface area contributed by atoms with Crippen LogP contribution in [0.5, 0.6) is 11.5 Å². The minimum Gasteiger partial charge on any atom is -0.484 e. The normalized spacial score (nSPS) is 10.1. The molecule has 0 aromatic heterocycles. The van der Waals surface area contributed by atoms with Crippen molar-refractivity contribution in [1.82, 2.24) is 0 Å². The molecule has 0 heterocycles. The molecule has 0 aliphatic rings. The molecular weight excluding hydrogens is 402 g/mol. The highest BCUT2D eigenvalue weighted by molar-refractivity contribution is 5.97. The molecule has 31 heavy (non-hydrogen) atoms. The highest BCUT2D eigenvalue weighted by atomic mass is 16.6. The van der Waals surface area contributed by atoms with E-state index in [1.54, 1.807) is 54.6 Å². The van der Waals surface area contributed by atoms with Gasteiger partial charge in [0.05, 0.1) is 4.92 Å². The van der Waals surface area contributed by atoms with Crippen molar-refractivity contribution in [3.63, 3.8) is 0 Å². The molecule has 3 aromatic rings. The van der Waals surface area contributed by atoms with Crippen molar-refractivity contribution in [2.75, 3.05) is 23.8 Å². The van der Waals surface area contributed by atoms with Crippen molar-refractivity contribution in [2.45, 2.75) is 0 Å². The molecule has 0 radical (unpaired) electrons. The van der Waals surface area contributed by atoms with Crippen molar-refractivity contribution in [2.24, 2.45) is 0 Å². The first-order valence-corrected chi connectivity index (χ1v) is 9.25. The number of hydrogen-bond acceptors (Lipinski definition) is 6. The van der Waals surface area contributed by atoms with Gasteiger partial charge in [0.1, 0.15) is 17.2 Å². The van der Waals surface area contributed by atoms with E-state index in [1.807, 2.05) is 6.07 Å². The lowest BCUT2D eigenvalue weighted by molar-refractivity contribution is -0.383. The van der Waals surface area contributed by atoms with E-state index in [0.717, 1.165) is 0 Å². The van der Waals surface area contributed by atoms with Crippen LogP contribution in [0.2, 0.25) is 0 Å². The summed E-state index contributed by atoms with van der Waals surface area (Å²) >= 11 is 0. The Morgan fingerprint density at radius 3 is 1.81 bits per heavy atom. The fourth-order valence-electron chi connectivity index (χ4n) is 2.59. The molecule has 3 rings (SSSR count). The quantitative estimate of drug-likeness (QED) is 0.402. The molecule has 0 atom stereocenters. The van der Waals surface area contributed by atoms with Crippen molar-refractivity contribution in [3.05, 3.63) is 89.0 Å². The maximum Gasteiger partial charge on any atom is 0.292 e. The predicted octanol–water partition coefficient (Wildman–Crippen LogP) is 3.63. The molecule has 0 aliphatic carbocycles. The third-order valence-electron chi connectivity index (χ3n) is 3.98. The van der Waals surface area contributed by atoms with Crippen LogP contribution in [0, 0.1) is 10.1 Å². The molecule has 158 valence electrons.